The third-order valence-corrected chi connectivity index (χ3v) is 4.20. The van der Waals surface area contributed by atoms with Crippen LogP contribution in [0.1, 0.15) is 41.6 Å². The molecule has 0 radical (unpaired) electrons. The van der Waals surface area contributed by atoms with Crippen molar-refractivity contribution in [3.8, 4) is 0 Å². The molecule has 6 heteroatoms. The fraction of sp³-hybridized carbons (Fsp3) is 0.611. The van der Waals surface area contributed by atoms with Crippen molar-refractivity contribution in [3.05, 3.63) is 35.4 Å². The van der Waals surface area contributed by atoms with Gasteiger partial charge >= 0.3 is 5.97 Å². The van der Waals surface area contributed by atoms with Crippen LogP contribution in [-0.4, -0.2) is 44.6 Å². The highest BCUT2D eigenvalue weighted by Gasteiger charge is 2.18. The second-order valence-electron chi connectivity index (χ2n) is 6.11. The number of rotatable bonds is 8. The van der Waals surface area contributed by atoms with Crippen molar-refractivity contribution in [3.63, 3.8) is 0 Å². The van der Waals surface area contributed by atoms with E-state index in [9.17, 15) is 4.79 Å². The van der Waals surface area contributed by atoms with E-state index in [0.29, 0.717) is 25.4 Å². The molecule has 1 aromatic carbocycles. The number of hydrogen-bond donors (Lipinski definition) is 0. The van der Waals surface area contributed by atoms with E-state index < -0.39 is 0 Å². The Labute approximate surface area is 141 Å². The Balaban J connectivity index is 1.35. The monoisotopic (exact) mass is 336 g/mol. The largest absolute Gasteiger partial charge is 0.459 e. The van der Waals surface area contributed by atoms with Crippen molar-refractivity contribution in [2.45, 2.75) is 44.5 Å². The Morgan fingerprint density at radius 2 is 1.62 bits per heavy atom. The normalized spacial score (nSPS) is 23.5. The molecule has 0 bridgehead atoms. The molecule has 2 saturated heterocycles. The van der Waals surface area contributed by atoms with E-state index in [2.05, 4.69) is 0 Å². The van der Waals surface area contributed by atoms with Crippen LogP contribution in [0.5, 0.6) is 0 Å². The summed E-state index contributed by atoms with van der Waals surface area (Å²) in [6.07, 6.45) is 4.28. The van der Waals surface area contributed by atoms with Gasteiger partial charge in [-0.2, -0.15) is 0 Å². The zero-order valence-corrected chi connectivity index (χ0v) is 13.8. The Kier molecular flexibility index (Phi) is 6.60. The second-order valence-corrected chi connectivity index (χ2v) is 6.11. The minimum absolute atomic E-state index is 0.0441. The number of carbonyl (C=O) groups excluding carboxylic acids is 1. The van der Waals surface area contributed by atoms with Crippen LogP contribution in [-0.2, 0) is 30.6 Å². The number of esters is 1. The molecule has 2 fully saturated rings. The van der Waals surface area contributed by atoms with Gasteiger partial charge in [0.15, 0.2) is 0 Å². The molecule has 2 atom stereocenters. The number of benzene rings is 1. The molecule has 3 rings (SSSR count). The van der Waals surface area contributed by atoms with Crippen LogP contribution in [0.15, 0.2) is 24.3 Å². The van der Waals surface area contributed by atoms with Gasteiger partial charge in [-0.25, -0.2) is 14.6 Å². The first kappa shape index (κ1) is 17.4. The average molecular weight is 336 g/mol. The maximum absolute atomic E-state index is 12.0. The number of ether oxygens (including phenoxy) is 3. The average Bonchev–Trinajstić information content (AvgIpc) is 3.31. The zero-order valence-electron chi connectivity index (χ0n) is 13.8. The van der Waals surface area contributed by atoms with Crippen molar-refractivity contribution in [2.75, 3.05) is 26.4 Å². The molecule has 2 heterocycles. The highest BCUT2D eigenvalue weighted by molar-refractivity contribution is 5.89. The lowest BCUT2D eigenvalue weighted by Crippen LogP contribution is -2.17. The van der Waals surface area contributed by atoms with E-state index in [1.54, 1.807) is 12.1 Å². The maximum atomic E-state index is 12.0. The molecule has 2 aliphatic rings. The molecule has 2 aliphatic heterocycles. The third kappa shape index (κ3) is 5.27. The lowest BCUT2D eigenvalue weighted by molar-refractivity contribution is -0.314. The van der Waals surface area contributed by atoms with Gasteiger partial charge in [0.1, 0.15) is 19.8 Å². The van der Waals surface area contributed by atoms with Gasteiger partial charge in [-0.3, -0.25) is 0 Å². The Morgan fingerprint density at radius 1 is 0.958 bits per heavy atom. The van der Waals surface area contributed by atoms with Crippen LogP contribution < -0.4 is 0 Å². The molecule has 0 amide bonds. The second kappa shape index (κ2) is 9.13. The lowest BCUT2D eigenvalue weighted by atomic mass is 10.1. The van der Waals surface area contributed by atoms with Crippen molar-refractivity contribution >= 4 is 5.97 Å². The molecular formula is C18H24O6. The van der Waals surface area contributed by atoms with Crippen LogP contribution in [0, 0.1) is 0 Å². The fourth-order valence-corrected chi connectivity index (χ4v) is 2.77. The molecule has 24 heavy (non-hydrogen) atoms. The standard InChI is InChI=1S/C18H24O6/c19-18(22-12-16-3-1-9-20-16)15-7-5-14(6-8-15)11-23-24-13-17-4-2-10-21-17/h5-8,16-17H,1-4,9-13H2. The SMILES string of the molecule is O=C(OCC1CCCO1)c1ccc(COOCC2CCCO2)cc1. The van der Waals surface area contributed by atoms with Crippen LogP contribution in [0.3, 0.4) is 0 Å². The van der Waals surface area contributed by atoms with E-state index in [1.165, 1.54) is 0 Å². The van der Waals surface area contributed by atoms with Gasteiger partial charge in [0, 0.05) is 13.2 Å². The first-order valence-corrected chi connectivity index (χ1v) is 8.55. The van der Waals surface area contributed by atoms with Crippen molar-refractivity contribution in [1.29, 1.82) is 0 Å². The molecule has 2 unspecified atom stereocenters. The fourth-order valence-electron chi connectivity index (χ4n) is 2.77. The molecule has 6 nitrogen and oxygen atoms in total. The first-order chi connectivity index (χ1) is 11.8. The minimum Gasteiger partial charge on any atom is -0.459 e. The van der Waals surface area contributed by atoms with Gasteiger partial charge < -0.3 is 14.2 Å². The van der Waals surface area contributed by atoms with Gasteiger partial charge in [-0.15, -0.1) is 0 Å². The van der Waals surface area contributed by atoms with E-state index in [0.717, 1.165) is 44.5 Å². The molecular weight excluding hydrogens is 312 g/mol. The summed E-state index contributed by atoms with van der Waals surface area (Å²) < 4.78 is 16.1. The third-order valence-electron chi connectivity index (χ3n) is 4.20. The van der Waals surface area contributed by atoms with Crippen molar-refractivity contribution in [2.24, 2.45) is 0 Å². The molecule has 0 saturated carbocycles. The van der Waals surface area contributed by atoms with Crippen LogP contribution in [0.2, 0.25) is 0 Å². The maximum Gasteiger partial charge on any atom is 0.338 e. The van der Waals surface area contributed by atoms with Crippen LogP contribution >= 0.6 is 0 Å². The van der Waals surface area contributed by atoms with Crippen molar-refractivity contribution < 1.29 is 28.8 Å². The summed E-state index contributed by atoms with van der Waals surface area (Å²) in [6, 6.07) is 7.13. The highest BCUT2D eigenvalue weighted by atomic mass is 17.2. The first-order valence-electron chi connectivity index (χ1n) is 8.55. The quantitative estimate of drug-likeness (QED) is 0.315. The summed E-state index contributed by atoms with van der Waals surface area (Å²) in [5.74, 6) is -0.326. The summed E-state index contributed by atoms with van der Waals surface area (Å²) in [4.78, 5) is 22.3. The van der Waals surface area contributed by atoms with Crippen LogP contribution in [0.4, 0.5) is 0 Å². The highest BCUT2D eigenvalue weighted by Crippen LogP contribution is 2.14. The molecule has 1 aromatic rings. The predicted molar refractivity (Wildman–Crippen MR) is 85.4 cm³/mol. The summed E-state index contributed by atoms with van der Waals surface area (Å²) in [5.41, 5.74) is 1.45. The van der Waals surface area contributed by atoms with E-state index in [4.69, 9.17) is 24.0 Å². The molecule has 0 spiro atoms. The van der Waals surface area contributed by atoms with E-state index in [-0.39, 0.29) is 18.2 Å². The summed E-state index contributed by atoms with van der Waals surface area (Å²) in [6.45, 7) is 2.66. The van der Waals surface area contributed by atoms with Crippen molar-refractivity contribution in [1.82, 2.24) is 0 Å². The Bertz CT molecular complexity index is 503. The summed E-state index contributed by atoms with van der Waals surface area (Å²) >= 11 is 0. The molecule has 0 aliphatic carbocycles. The minimum atomic E-state index is -0.326. The molecule has 0 N–H and O–H groups in total. The van der Waals surface area contributed by atoms with Gasteiger partial charge in [-0.05, 0) is 43.4 Å². The van der Waals surface area contributed by atoms with Gasteiger partial charge in [0.05, 0.1) is 17.8 Å². The van der Waals surface area contributed by atoms with E-state index in [1.807, 2.05) is 12.1 Å². The molecule has 132 valence electrons. The number of carbonyl (C=O) groups is 1. The Hall–Kier alpha value is -1.47. The smallest absolute Gasteiger partial charge is 0.338 e. The summed E-state index contributed by atoms with van der Waals surface area (Å²) in [7, 11) is 0. The number of hydrogen-bond acceptors (Lipinski definition) is 6. The van der Waals surface area contributed by atoms with Gasteiger partial charge in [0.25, 0.3) is 0 Å². The predicted octanol–water partition coefficient (Wildman–Crippen LogP) is 2.65. The lowest BCUT2D eigenvalue weighted by Gasteiger charge is -2.11. The Morgan fingerprint density at radius 3 is 2.25 bits per heavy atom. The van der Waals surface area contributed by atoms with Crippen LogP contribution in [0.25, 0.3) is 0 Å². The van der Waals surface area contributed by atoms with Gasteiger partial charge in [0.2, 0.25) is 0 Å². The molecule has 0 aromatic heterocycles. The van der Waals surface area contributed by atoms with E-state index >= 15 is 0 Å². The summed E-state index contributed by atoms with van der Waals surface area (Å²) in [5, 5.41) is 0. The zero-order chi connectivity index (χ0) is 16.6. The topological polar surface area (TPSA) is 63.2 Å². The van der Waals surface area contributed by atoms with Gasteiger partial charge in [-0.1, -0.05) is 12.1 Å².